The number of hydrogen-bond acceptors (Lipinski definition) is 3. The second-order valence-electron chi connectivity index (χ2n) is 5.56. The lowest BCUT2D eigenvalue weighted by molar-refractivity contribution is 0.245. The zero-order valence-corrected chi connectivity index (χ0v) is 13.5. The van der Waals surface area contributed by atoms with E-state index in [1.165, 1.54) is 11.3 Å². The quantitative estimate of drug-likeness (QED) is 0.829. The van der Waals surface area contributed by atoms with Crippen molar-refractivity contribution in [2.75, 3.05) is 12.8 Å². The summed E-state index contributed by atoms with van der Waals surface area (Å²) < 4.78 is 2.10. The molecule has 2 rings (SSSR count). The molecule has 0 aliphatic rings. The number of benzene rings is 1. The van der Waals surface area contributed by atoms with Gasteiger partial charge in [0.1, 0.15) is 0 Å². The molecule has 0 spiro atoms. The second-order valence-corrected chi connectivity index (χ2v) is 5.56. The lowest BCUT2D eigenvalue weighted by Crippen LogP contribution is -2.23. The van der Waals surface area contributed by atoms with Gasteiger partial charge >= 0.3 is 0 Å². The van der Waals surface area contributed by atoms with Gasteiger partial charge in [0.15, 0.2) is 0 Å². The standard InChI is InChI=1S/C17H26N4/c1-5-16-11-17(21(6-2)19-16)12-20(4)13(3)14-8-7-9-15(18)10-14/h7-11,13H,5-6,12,18H2,1-4H3. The van der Waals surface area contributed by atoms with Crippen LogP contribution in [-0.4, -0.2) is 21.7 Å². The molecule has 0 saturated heterocycles. The Kier molecular flexibility index (Phi) is 5.02. The molecule has 2 aromatic rings. The van der Waals surface area contributed by atoms with Crippen LogP contribution in [0.2, 0.25) is 0 Å². The van der Waals surface area contributed by atoms with Crippen molar-refractivity contribution in [1.82, 2.24) is 14.7 Å². The predicted octanol–water partition coefficient (Wildman–Crippen LogP) is 3.24. The summed E-state index contributed by atoms with van der Waals surface area (Å²) in [5.74, 6) is 0. The largest absolute Gasteiger partial charge is 0.399 e. The monoisotopic (exact) mass is 286 g/mol. The zero-order chi connectivity index (χ0) is 15.4. The van der Waals surface area contributed by atoms with Crippen LogP contribution >= 0.6 is 0 Å². The first kappa shape index (κ1) is 15.6. The van der Waals surface area contributed by atoms with E-state index >= 15 is 0 Å². The van der Waals surface area contributed by atoms with E-state index in [1.807, 2.05) is 12.1 Å². The molecule has 0 fully saturated rings. The van der Waals surface area contributed by atoms with Crippen LogP contribution in [0.25, 0.3) is 0 Å². The minimum atomic E-state index is 0.318. The highest BCUT2D eigenvalue weighted by atomic mass is 15.3. The third kappa shape index (κ3) is 3.64. The van der Waals surface area contributed by atoms with Crippen LogP contribution in [-0.2, 0) is 19.5 Å². The Labute approximate surface area is 127 Å². The molecule has 114 valence electrons. The van der Waals surface area contributed by atoms with E-state index in [1.54, 1.807) is 0 Å². The molecule has 0 saturated carbocycles. The van der Waals surface area contributed by atoms with Gasteiger partial charge in [0.25, 0.3) is 0 Å². The van der Waals surface area contributed by atoms with Gasteiger partial charge < -0.3 is 5.73 Å². The van der Waals surface area contributed by atoms with Crippen molar-refractivity contribution in [1.29, 1.82) is 0 Å². The maximum absolute atomic E-state index is 5.88. The lowest BCUT2D eigenvalue weighted by Gasteiger charge is -2.25. The lowest BCUT2D eigenvalue weighted by atomic mass is 10.1. The maximum Gasteiger partial charge on any atom is 0.0625 e. The SMILES string of the molecule is CCc1cc(CN(C)C(C)c2cccc(N)c2)n(CC)n1. The fraction of sp³-hybridized carbons (Fsp3) is 0.471. The van der Waals surface area contributed by atoms with Gasteiger partial charge in [-0.3, -0.25) is 9.58 Å². The van der Waals surface area contributed by atoms with E-state index in [4.69, 9.17) is 5.73 Å². The summed E-state index contributed by atoms with van der Waals surface area (Å²) in [6, 6.07) is 10.7. The van der Waals surface area contributed by atoms with Crippen molar-refractivity contribution in [2.45, 2.75) is 46.3 Å². The molecule has 1 aromatic carbocycles. The highest BCUT2D eigenvalue weighted by Crippen LogP contribution is 2.22. The summed E-state index contributed by atoms with van der Waals surface area (Å²) in [7, 11) is 2.15. The van der Waals surface area contributed by atoms with Crippen molar-refractivity contribution < 1.29 is 0 Å². The van der Waals surface area contributed by atoms with Crippen LogP contribution in [0.4, 0.5) is 5.69 Å². The minimum Gasteiger partial charge on any atom is -0.399 e. The molecule has 0 aliphatic heterocycles. The van der Waals surface area contributed by atoms with Gasteiger partial charge in [0.05, 0.1) is 11.4 Å². The summed E-state index contributed by atoms with van der Waals surface area (Å²) >= 11 is 0. The second kappa shape index (κ2) is 6.76. The summed E-state index contributed by atoms with van der Waals surface area (Å²) in [6.45, 7) is 8.29. The first-order chi connectivity index (χ1) is 10.0. The molecule has 0 aliphatic carbocycles. The van der Waals surface area contributed by atoms with Gasteiger partial charge in [0.2, 0.25) is 0 Å². The maximum atomic E-state index is 5.88. The zero-order valence-electron chi connectivity index (χ0n) is 13.5. The van der Waals surface area contributed by atoms with Crippen molar-refractivity contribution in [3.05, 3.63) is 47.3 Å². The van der Waals surface area contributed by atoms with Crippen LogP contribution in [0.5, 0.6) is 0 Å². The van der Waals surface area contributed by atoms with Crippen molar-refractivity contribution >= 4 is 5.69 Å². The van der Waals surface area contributed by atoms with Crippen LogP contribution in [0.3, 0.4) is 0 Å². The average molecular weight is 286 g/mol. The van der Waals surface area contributed by atoms with Crippen molar-refractivity contribution in [2.24, 2.45) is 0 Å². The van der Waals surface area contributed by atoms with E-state index in [0.717, 1.165) is 30.9 Å². The number of nitrogens with two attached hydrogens (primary N) is 1. The number of aryl methyl sites for hydroxylation is 2. The summed E-state index contributed by atoms with van der Waals surface area (Å²) in [5.41, 5.74) is 10.4. The molecule has 21 heavy (non-hydrogen) atoms. The van der Waals surface area contributed by atoms with Crippen molar-refractivity contribution in [3.8, 4) is 0 Å². The number of nitrogen functional groups attached to an aromatic ring is 1. The number of anilines is 1. The fourth-order valence-electron chi connectivity index (χ4n) is 2.55. The fourth-order valence-corrected chi connectivity index (χ4v) is 2.55. The topological polar surface area (TPSA) is 47.1 Å². The molecule has 1 unspecified atom stereocenters. The van der Waals surface area contributed by atoms with E-state index in [-0.39, 0.29) is 0 Å². The number of rotatable bonds is 6. The first-order valence-corrected chi connectivity index (χ1v) is 7.66. The highest BCUT2D eigenvalue weighted by molar-refractivity contribution is 5.41. The molecule has 1 aromatic heterocycles. The molecule has 0 bridgehead atoms. The van der Waals surface area contributed by atoms with Gasteiger partial charge in [-0.2, -0.15) is 5.10 Å². The molecular weight excluding hydrogens is 260 g/mol. The van der Waals surface area contributed by atoms with E-state index in [9.17, 15) is 0 Å². The summed E-state index contributed by atoms with van der Waals surface area (Å²) in [5, 5.41) is 4.62. The Morgan fingerprint density at radius 2 is 2.05 bits per heavy atom. The minimum absolute atomic E-state index is 0.318. The number of aromatic nitrogens is 2. The smallest absolute Gasteiger partial charge is 0.0625 e. The summed E-state index contributed by atoms with van der Waals surface area (Å²) in [4.78, 5) is 2.33. The van der Waals surface area contributed by atoms with Gasteiger partial charge in [0, 0.05) is 24.8 Å². The van der Waals surface area contributed by atoms with Crippen LogP contribution in [0, 0.1) is 0 Å². The van der Waals surface area contributed by atoms with E-state index in [2.05, 4.69) is 60.7 Å². The number of nitrogens with zero attached hydrogens (tertiary/aromatic N) is 3. The molecule has 1 heterocycles. The Balaban J connectivity index is 2.13. The highest BCUT2D eigenvalue weighted by Gasteiger charge is 2.15. The van der Waals surface area contributed by atoms with Gasteiger partial charge in [-0.05, 0) is 51.1 Å². The Hall–Kier alpha value is -1.81. The molecule has 0 amide bonds. The molecule has 4 heteroatoms. The normalized spacial score (nSPS) is 12.8. The van der Waals surface area contributed by atoms with Gasteiger partial charge in [-0.15, -0.1) is 0 Å². The number of hydrogen-bond donors (Lipinski definition) is 1. The third-order valence-corrected chi connectivity index (χ3v) is 4.04. The Morgan fingerprint density at radius 1 is 1.29 bits per heavy atom. The molecular formula is C17H26N4. The van der Waals surface area contributed by atoms with E-state index < -0.39 is 0 Å². The molecule has 4 nitrogen and oxygen atoms in total. The van der Waals surface area contributed by atoms with Crippen LogP contribution < -0.4 is 5.73 Å². The molecule has 2 N–H and O–H groups in total. The Bertz CT molecular complexity index is 588. The van der Waals surface area contributed by atoms with Gasteiger partial charge in [-0.1, -0.05) is 19.1 Å². The third-order valence-electron chi connectivity index (χ3n) is 4.04. The predicted molar refractivity (Wildman–Crippen MR) is 88.0 cm³/mol. The molecule has 0 radical (unpaired) electrons. The first-order valence-electron chi connectivity index (χ1n) is 7.66. The average Bonchev–Trinajstić information content (AvgIpc) is 2.88. The van der Waals surface area contributed by atoms with E-state index in [0.29, 0.717) is 6.04 Å². The summed E-state index contributed by atoms with van der Waals surface area (Å²) in [6.07, 6.45) is 0.981. The molecule has 1 atom stereocenters. The van der Waals surface area contributed by atoms with Crippen LogP contribution in [0.1, 0.15) is 43.8 Å². The van der Waals surface area contributed by atoms with Crippen molar-refractivity contribution in [3.63, 3.8) is 0 Å². The Morgan fingerprint density at radius 3 is 2.67 bits per heavy atom. The van der Waals surface area contributed by atoms with Crippen LogP contribution in [0.15, 0.2) is 30.3 Å². The van der Waals surface area contributed by atoms with Gasteiger partial charge in [-0.25, -0.2) is 0 Å².